The number of benzene rings is 5. The smallest absolute Gasteiger partial charge is 0.178 e. The molecule has 44 heavy (non-hydrogen) atoms. The van der Waals surface area contributed by atoms with Crippen LogP contribution in [-0.2, 0) is 12.0 Å². The summed E-state index contributed by atoms with van der Waals surface area (Å²) in [5.74, 6) is 1.90. The van der Waals surface area contributed by atoms with Gasteiger partial charge in [-0.15, -0.1) is 0 Å². The maximum Gasteiger partial charge on any atom is 0.178 e. The van der Waals surface area contributed by atoms with Crippen LogP contribution >= 0.6 is 0 Å². The fourth-order valence-corrected chi connectivity index (χ4v) is 7.54. The lowest BCUT2D eigenvalue weighted by Gasteiger charge is -2.38. The second-order valence-electron chi connectivity index (χ2n) is 12.5. The van der Waals surface area contributed by atoms with E-state index in [1.165, 1.54) is 58.0 Å². The molecule has 0 radical (unpaired) electrons. The fraction of sp³-hybridized carbons (Fsp3) is 0.250. The van der Waals surface area contributed by atoms with Crippen molar-refractivity contribution in [1.29, 1.82) is 0 Å². The summed E-state index contributed by atoms with van der Waals surface area (Å²) in [7, 11) is 5.95. The maximum atomic E-state index is 7.44. The SMILES string of the molecule is COc1cc2c3c(c4c(c2cc1N1CCCCC1)-c1ccccc1C4)OC(c1ccccc1)(c1ccc(N(C)C)cc1)C=C3. The van der Waals surface area contributed by atoms with Crippen molar-refractivity contribution in [1.82, 2.24) is 0 Å². The zero-order chi connectivity index (χ0) is 29.8. The first-order chi connectivity index (χ1) is 21.6. The van der Waals surface area contributed by atoms with Gasteiger partial charge in [-0.25, -0.2) is 0 Å². The molecule has 5 aromatic rings. The van der Waals surface area contributed by atoms with Gasteiger partial charge in [-0.3, -0.25) is 0 Å². The third kappa shape index (κ3) is 4.11. The molecule has 0 saturated carbocycles. The summed E-state index contributed by atoms with van der Waals surface area (Å²) in [6, 6.07) is 32.9. The van der Waals surface area contributed by atoms with E-state index < -0.39 is 5.60 Å². The van der Waals surface area contributed by atoms with Crippen molar-refractivity contribution in [2.24, 2.45) is 0 Å². The first kappa shape index (κ1) is 26.9. The van der Waals surface area contributed by atoms with Gasteiger partial charge in [0, 0.05) is 61.5 Å². The van der Waals surface area contributed by atoms with E-state index in [4.69, 9.17) is 9.47 Å². The van der Waals surface area contributed by atoms with E-state index in [1.807, 2.05) is 0 Å². The number of hydrogen-bond donors (Lipinski definition) is 0. The van der Waals surface area contributed by atoms with Crippen LogP contribution in [0.15, 0.2) is 97.1 Å². The highest BCUT2D eigenvalue weighted by Gasteiger charge is 2.40. The van der Waals surface area contributed by atoms with Gasteiger partial charge in [-0.1, -0.05) is 66.7 Å². The minimum absolute atomic E-state index is 0.757. The van der Waals surface area contributed by atoms with Gasteiger partial charge in [0.25, 0.3) is 0 Å². The number of rotatable bonds is 5. The van der Waals surface area contributed by atoms with Crippen LogP contribution in [0.5, 0.6) is 11.5 Å². The van der Waals surface area contributed by atoms with Crippen LogP contribution in [0.3, 0.4) is 0 Å². The minimum atomic E-state index is -0.757. The standard InChI is InChI=1S/C40H38N2O2/c1-41(2)30-18-16-29(17-19-30)40(28-13-6-4-7-14-28)21-20-32-33-26-37(43-3)36(42-22-10-5-11-23-42)25-34(33)38-31-15-9-8-12-27(31)24-35(38)39(32)44-40/h4,6-9,12-21,25-26H,5,10-11,22-24H2,1-3H3. The molecule has 1 atom stereocenters. The molecular formula is C40H38N2O2. The maximum absolute atomic E-state index is 7.44. The van der Waals surface area contributed by atoms with Gasteiger partial charge in [-0.2, -0.15) is 0 Å². The highest BCUT2D eigenvalue weighted by atomic mass is 16.5. The zero-order valence-corrected chi connectivity index (χ0v) is 25.8. The van der Waals surface area contributed by atoms with Gasteiger partial charge in [0.2, 0.25) is 0 Å². The van der Waals surface area contributed by atoms with Crippen molar-refractivity contribution in [2.75, 3.05) is 44.1 Å². The molecule has 1 saturated heterocycles. The Morgan fingerprint density at radius 1 is 0.795 bits per heavy atom. The van der Waals surface area contributed by atoms with E-state index in [0.717, 1.165) is 53.4 Å². The molecule has 8 rings (SSSR count). The van der Waals surface area contributed by atoms with Crippen molar-refractivity contribution < 1.29 is 9.47 Å². The molecule has 2 heterocycles. The average Bonchev–Trinajstić information content (AvgIpc) is 3.48. The highest BCUT2D eigenvalue weighted by Crippen LogP contribution is 2.54. The minimum Gasteiger partial charge on any atom is -0.495 e. The van der Waals surface area contributed by atoms with E-state index >= 15 is 0 Å². The molecule has 4 nitrogen and oxygen atoms in total. The van der Waals surface area contributed by atoms with E-state index in [1.54, 1.807) is 7.11 Å². The van der Waals surface area contributed by atoms with Crippen LogP contribution in [0.1, 0.15) is 47.1 Å². The second kappa shape index (κ2) is 10.5. The summed E-state index contributed by atoms with van der Waals surface area (Å²) >= 11 is 0. The number of methoxy groups -OCH3 is 1. The number of anilines is 2. The predicted molar refractivity (Wildman–Crippen MR) is 182 cm³/mol. The molecule has 0 N–H and O–H groups in total. The lowest BCUT2D eigenvalue weighted by molar-refractivity contribution is 0.160. The lowest BCUT2D eigenvalue weighted by Crippen LogP contribution is -2.34. The fourth-order valence-electron chi connectivity index (χ4n) is 7.54. The van der Waals surface area contributed by atoms with Crippen molar-refractivity contribution in [3.8, 4) is 22.6 Å². The van der Waals surface area contributed by atoms with Crippen molar-refractivity contribution in [2.45, 2.75) is 31.3 Å². The Hall–Kier alpha value is -4.70. The van der Waals surface area contributed by atoms with Crippen molar-refractivity contribution in [3.63, 3.8) is 0 Å². The monoisotopic (exact) mass is 578 g/mol. The van der Waals surface area contributed by atoms with E-state index in [0.29, 0.717) is 0 Å². The number of hydrogen-bond acceptors (Lipinski definition) is 4. The number of ether oxygens (including phenoxy) is 2. The van der Waals surface area contributed by atoms with Crippen LogP contribution in [0.4, 0.5) is 11.4 Å². The molecule has 3 aliphatic rings. The Kier molecular flexibility index (Phi) is 6.41. The van der Waals surface area contributed by atoms with Gasteiger partial charge >= 0.3 is 0 Å². The van der Waals surface area contributed by atoms with E-state index in [-0.39, 0.29) is 0 Å². The number of fused-ring (bicyclic) bond motifs is 8. The molecule has 1 fully saturated rings. The number of piperidine rings is 1. The van der Waals surface area contributed by atoms with Crippen molar-refractivity contribution in [3.05, 3.63) is 125 Å². The van der Waals surface area contributed by atoms with Crippen molar-refractivity contribution >= 4 is 28.2 Å². The molecule has 0 aromatic heterocycles. The summed E-state index contributed by atoms with van der Waals surface area (Å²) in [5.41, 5.74) is 10.2. The molecule has 0 spiro atoms. The third-order valence-corrected chi connectivity index (χ3v) is 9.81. The van der Waals surface area contributed by atoms with Gasteiger partial charge in [0.05, 0.1) is 12.8 Å². The zero-order valence-electron chi connectivity index (χ0n) is 25.8. The quantitative estimate of drug-likeness (QED) is 0.204. The first-order valence-electron chi connectivity index (χ1n) is 15.8. The molecule has 5 aromatic carbocycles. The van der Waals surface area contributed by atoms with Gasteiger partial charge < -0.3 is 19.3 Å². The molecule has 4 heteroatoms. The summed E-state index contributed by atoms with van der Waals surface area (Å²) in [5, 5.41) is 2.45. The normalized spacial score (nSPS) is 18.4. The first-order valence-corrected chi connectivity index (χ1v) is 15.8. The third-order valence-electron chi connectivity index (χ3n) is 9.81. The summed E-state index contributed by atoms with van der Waals surface area (Å²) < 4.78 is 13.5. The molecule has 1 unspecified atom stereocenters. The molecule has 220 valence electrons. The largest absolute Gasteiger partial charge is 0.495 e. The lowest BCUT2D eigenvalue weighted by atomic mass is 9.82. The molecule has 0 bridgehead atoms. The van der Waals surface area contributed by atoms with Gasteiger partial charge in [0.15, 0.2) is 5.60 Å². The van der Waals surface area contributed by atoms with Gasteiger partial charge in [0.1, 0.15) is 11.5 Å². The van der Waals surface area contributed by atoms with E-state index in [9.17, 15) is 0 Å². The van der Waals surface area contributed by atoms with Crippen LogP contribution in [0.25, 0.3) is 28.0 Å². The van der Waals surface area contributed by atoms with Crippen LogP contribution in [0, 0.1) is 0 Å². The topological polar surface area (TPSA) is 24.9 Å². The van der Waals surface area contributed by atoms with E-state index in [2.05, 4.69) is 127 Å². The van der Waals surface area contributed by atoms with Crippen LogP contribution in [0.2, 0.25) is 0 Å². The Bertz CT molecular complexity index is 1900. The molecule has 2 aliphatic heterocycles. The summed E-state index contributed by atoms with van der Waals surface area (Å²) in [6.45, 7) is 2.14. The number of nitrogens with zero attached hydrogens (tertiary/aromatic N) is 2. The Balaban J connectivity index is 1.39. The average molecular weight is 579 g/mol. The van der Waals surface area contributed by atoms with Crippen LogP contribution in [-0.4, -0.2) is 34.3 Å². The molecular weight excluding hydrogens is 540 g/mol. The molecule has 1 aliphatic carbocycles. The van der Waals surface area contributed by atoms with Crippen LogP contribution < -0.4 is 19.3 Å². The highest BCUT2D eigenvalue weighted by molar-refractivity contribution is 6.09. The predicted octanol–water partition coefficient (Wildman–Crippen LogP) is 8.83. The Morgan fingerprint density at radius 2 is 1.52 bits per heavy atom. The second-order valence-corrected chi connectivity index (χ2v) is 12.5. The summed E-state index contributed by atoms with van der Waals surface area (Å²) in [6.07, 6.45) is 9.16. The molecule has 0 amide bonds. The Morgan fingerprint density at radius 3 is 2.27 bits per heavy atom. The van der Waals surface area contributed by atoms with Gasteiger partial charge in [-0.05, 0) is 83.1 Å². The Labute approximate surface area is 260 Å². The summed E-state index contributed by atoms with van der Waals surface area (Å²) in [4.78, 5) is 4.65.